The topological polar surface area (TPSA) is 48.1 Å². The van der Waals surface area contributed by atoms with Crippen LogP contribution in [-0.2, 0) is 6.42 Å². The van der Waals surface area contributed by atoms with E-state index in [1.54, 1.807) is 12.1 Å². The summed E-state index contributed by atoms with van der Waals surface area (Å²) in [6.45, 7) is 0.564. The third kappa shape index (κ3) is 3.01. The van der Waals surface area contributed by atoms with Gasteiger partial charge < -0.3 is 10.5 Å². The predicted molar refractivity (Wildman–Crippen MR) is 63.4 cm³/mol. The summed E-state index contributed by atoms with van der Waals surface area (Å²) >= 11 is 0. The number of rotatable bonds is 4. The molecule has 2 rings (SSSR count). The van der Waals surface area contributed by atoms with E-state index in [9.17, 15) is 8.78 Å². The summed E-state index contributed by atoms with van der Waals surface area (Å²) in [5.41, 5.74) is 6.50. The molecule has 0 aliphatic heterocycles. The molecule has 0 unspecified atom stereocenters. The lowest BCUT2D eigenvalue weighted by molar-refractivity contribution is 0.416. The van der Waals surface area contributed by atoms with Gasteiger partial charge >= 0.3 is 0 Å². The van der Waals surface area contributed by atoms with Crippen molar-refractivity contribution >= 4 is 0 Å². The van der Waals surface area contributed by atoms with Gasteiger partial charge in [-0.3, -0.25) is 0 Å². The van der Waals surface area contributed by atoms with Gasteiger partial charge in [0.05, 0.1) is 6.20 Å². The van der Waals surface area contributed by atoms with Gasteiger partial charge in [-0.15, -0.1) is 0 Å². The average Bonchev–Trinajstić information content (AvgIpc) is 2.35. The van der Waals surface area contributed by atoms with Crippen LogP contribution in [0.5, 0.6) is 11.6 Å². The van der Waals surface area contributed by atoms with Gasteiger partial charge in [-0.1, -0.05) is 12.1 Å². The molecule has 0 amide bonds. The van der Waals surface area contributed by atoms with Gasteiger partial charge in [-0.25, -0.2) is 13.8 Å². The Balaban J connectivity index is 2.13. The van der Waals surface area contributed by atoms with Crippen molar-refractivity contribution in [3.63, 3.8) is 0 Å². The van der Waals surface area contributed by atoms with Crippen LogP contribution in [0.3, 0.4) is 0 Å². The largest absolute Gasteiger partial charge is 0.436 e. The molecular formula is C13H12F2N2O. The van der Waals surface area contributed by atoms with E-state index in [4.69, 9.17) is 10.5 Å². The Morgan fingerprint density at radius 3 is 2.50 bits per heavy atom. The highest BCUT2D eigenvalue weighted by Gasteiger charge is 2.07. The maximum absolute atomic E-state index is 13.3. The molecule has 1 aromatic heterocycles. The van der Waals surface area contributed by atoms with Crippen molar-refractivity contribution in [1.82, 2.24) is 4.98 Å². The highest BCUT2D eigenvalue weighted by molar-refractivity contribution is 5.31. The molecule has 1 aromatic carbocycles. The molecule has 0 saturated carbocycles. The Bertz CT molecular complexity index is 529. The molecular weight excluding hydrogens is 238 g/mol. The van der Waals surface area contributed by atoms with Gasteiger partial charge in [0.1, 0.15) is 11.6 Å². The number of nitrogens with zero attached hydrogens (tertiary/aromatic N) is 1. The maximum atomic E-state index is 13.3. The molecule has 18 heavy (non-hydrogen) atoms. The lowest BCUT2D eigenvalue weighted by Gasteiger charge is -2.06. The van der Waals surface area contributed by atoms with Crippen LogP contribution in [0.25, 0.3) is 0 Å². The van der Waals surface area contributed by atoms with E-state index in [1.807, 2.05) is 12.1 Å². The first-order valence-electron chi connectivity index (χ1n) is 5.47. The predicted octanol–water partition coefficient (Wildman–Crippen LogP) is 2.65. The van der Waals surface area contributed by atoms with Crippen molar-refractivity contribution in [2.45, 2.75) is 6.42 Å². The molecule has 0 fully saturated rings. The second kappa shape index (κ2) is 5.55. The number of nitrogens with two attached hydrogens (primary N) is 1. The Morgan fingerprint density at radius 1 is 1.17 bits per heavy atom. The highest BCUT2D eigenvalue weighted by atomic mass is 19.1. The van der Waals surface area contributed by atoms with Gasteiger partial charge in [0.25, 0.3) is 5.88 Å². The van der Waals surface area contributed by atoms with Crippen molar-refractivity contribution < 1.29 is 13.5 Å². The number of aromatic nitrogens is 1. The fourth-order valence-electron chi connectivity index (χ4n) is 1.48. The molecule has 2 aromatic rings. The summed E-state index contributed by atoms with van der Waals surface area (Å²) < 4.78 is 31.2. The maximum Gasteiger partial charge on any atom is 0.256 e. The lowest BCUT2D eigenvalue weighted by Crippen LogP contribution is -2.02. The zero-order valence-electron chi connectivity index (χ0n) is 9.57. The molecule has 1 heterocycles. The van der Waals surface area contributed by atoms with Crippen LogP contribution in [-0.4, -0.2) is 11.5 Å². The second-order valence-corrected chi connectivity index (χ2v) is 3.73. The van der Waals surface area contributed by atoms with E-state index < -0.39 is 11.6 Å². The number of pyridine rings is 1. The highest BCUT2D eigenvalue weighted by Crippen LogP contribution is 2.22. The first-order chi connectivity index (χ1) is 8.69. The summed E-state index contributed by atoms with van der Waals surface area (Å²) in [5, 5.41) is 0. The molecule has 3 nitrogen and oxygen atoms in total. The van der Waals surface area contributed by atoms with Gasteiger partial charge in [-0.2, -0.15) is 0 Å². The van der Waals surface area contributed by atoms with Crippen LogP contribution in [0.15, 0.2) is 36.5 Å². The zero-order valence-corrected chi connectivity index (χ0v) is 9.57. The van der Waals surface area contributed by atoms with E-state index >= 15 is 0 Å². The van der Waals surface area contributed by atoms with Crippen molar-refractivity contribution in [1.29, 1.82) is 0 Å². The van der Waals surface area contributed by atoms with E-state index in [0.717, 1.165) is 24.2 Å². The fourth-order valence-corrected chi connectivity index (χ4v) is 1.48. The third-order valence-electron chi connectivity index (χ3n) is 2.34. The zero-order chi connectivity index (χ0) is 13.0. The van der Waals surface area contributed by atoms with Gasteiger partial charge in [0.15, 0.2) is 5.82 Å². The molecule has 5 heteroatoms. The monoisotopic (exact) mass is 250 g/mol. The Hall–Kier alpha value is -2.01. The molecule has 0 aliphatic rings. The Kier molecular flexibility index (Phi) is 3.84. The van der Waals surface area contributed by atoms with E-state index in [1.165, 1.54) is 0 Å². The Labute approximate surface area is 103 Å². The standard InChI is InChI=1S/C13H12F2N2O/c14-10-7-12(15)13(17-8-10)18-11-3-1-9(2-4-11)5-6-16/h1-4,7-8H,5-6,16H2. The molecule has 0 aliphatic carbocycles. The summed E-state index contributed by atoms with van der Waals surface area (Å²) in [7, 11) is 0. The first kappa shape index (κ1) is 12.4. The van der Waals surface area contributed by atoms with E-state index in [-0.39, 0.29) is 5.88 Å². The van der Waals surface area contributed by atoms with Crippen molar-refractivity contribution in [3.8, 4) is 11.6 Å². The molecule has 0 bridgehead atoms. The average molecular weight is 250 g/mol. The number of hydrogen-bond donors (Lipinski definition) is 1. The number of hydrogen-bond acceptors (Lipinski definition) is 3. The summed E-state index contributed by atoms with van der Waals surface area (Å²) in [4.78, 5) is 3.54. The van der Waals surface area contributed by atoms with Crippen LogP contribution in [0, 0.1) is 11.6 Å². The van der Waals surface area contributed by atoms with Crippen LogP contribution >= 0.6 is 0 Å². The van der Waals surface area contributed by atoms with Crippen LogP contribution in [0.2, 0.25) is 0 Å². The van der Waals surface area contributed by atoms with E-state index in [2.05, 4.69) is 4.98 Å². The molecule has 0 atom stereocenters. The smallest absolute Gasteiger partial charge is 0.256 e. The van der Waals surface area contributed by atoms with Crippen LogP contribution in [0.1, 0.15) is 5.56 Å². The molecule has 0 radical (unpaired) electrons. The summed E-state index contributed by atoms with van der Waals surface area (Å²) in [6, 6.07) is 7.78. The molecule has 94 valence electrons. The summed E-state index contributed by atoms with van der Waals surface area (Å²) in [5.74, 6) is -1.38. The molecule has 0 saturated heterocycles. The minimum absolute atomic E-state index is 0.247. The van der Waals surface area contributed by atoms with Crippen LogP contribution in [0.4, 0.5) is 8.78 Å². The molecule has 0 spiro atoms. The number of halogens is 2. The Morgan fingerprint density at radius 2 is 1.89 bits per heavy atom. The SMILES string of the molecule is NCCc1ccc(Oc2ncc(F)cc2F)cc1. The van der Waals surface area contributed by atoms with Gasteiger partial charge in [-0.05, 0) is 30.7 Å². The normalized spacial score (nSPS) is 10.4. The van der Waals surface area contributed by atoms with E-state index in [0.29, 0.717) is 12.3 Å². The van der Waals surface area contributed by atoms with Crippen molar-refractivity contribution in [2.24, 2.45) is 5.73 Å². The van der Waals surface area contributed by atoms with Gasteiger partial charge in [0, 0.05) is 6.07 Å². The molecule has 2 N–H and O–H groups in total. The van der Waals surface area contributed by atoms with Crippen molar-refractivity contribution in [2.75, 3.05) is 6.54 Å². The first-order valence-corrected chi connectivity index (χ1v) is 5.47. The quantitative estimate of drug-likeness (QED) is 0.907. The third-order valence-corrected chi connectivity index (χ3v) is 2.34. The minimum Gasteiger partial charge on any atom is -0.436 e. The lowest BCUT2D eigenvalue weighted by atomic mass is 10.1. The van der Waals surface area contributed by atoms with Crippen LogP contribution < -0.4 is 10.5 Å². The minimum atomic E-state index is -0.832. The fraction of sp³-hybridized carbons (Fsp3) is 0.154. The number of benzene rings is 1. The van der Waals surface area contributed by atoms with Gasteiger partial charge in [0.2, 0.25) is 0 Å². The summed E-state index contributed by atoms with van der Waals surface area (Å²) in [6.07, 6.45) is 1.67. The van der Waals surface area contributed by atoms with Crippen molar-refractivity contribution in [3.05, 3.63) is 53.7 Å². The number of ether oxygens (including phenoxy) is 1. The second-order valence-electron chi connectivity index (χ2n) is 3.73.